The van der Waals surface area contributed by atoms with Crippen LogP contribution < -0.4 is 5.32 Å². The van der Waals surface area contributed by atoms with E-state index in [1.165, 1.54) is 0 Å². The zero-order valence-corrected chi connectivity index (χ0v) is 9.32. The lowest BCUT2D eigenvalue weighted by Crippen LogP contribution is -2.36. The Morgan fingerprint density at radius 1 is 1.47 bits per heavy atom. The summed E-state index contributed by atoms with van der Waals surface area (Å²) in [5, 5.41) is 11.7. The summed E-state index contributed by atoms with van der Waals surface area (Å²) in [6, 6.07) is 0.0626. The molecule has 1 aliphatic carbocycles. The van der Waals surface area contributed by atoms with Crippen molar-refractivity contribution < 1.29 is 14.7 Å². The van der Waals surface area contributed by atoms with Gasteiger partial charge in [-0.05, 0) is 25.7 Å². The largest absolute Gasteiger partial charge is 0.481 e. The first-order chi connectivity index (χ1) is 7.04. The molecule has 0 aromatic carbocycles. The number of aliphatic carboxylic acids is 1. The summed E-state index contributed by atoms with van der Waals surface area (Å²) in [4.78, 5) is 22.3. The Balaban J connectivity index is 2.36. The fourth-order valence-corrected chi connectivity index (χ4v) is 1.87. The van der Waals surface area contributed by atoms with E-state index in [0.29, 0.717) is 12.8 Å². The Kier molecular flexibility index (Phi) is 4.12. The number of hydrogen-bond donors (Lipinski definition) is 2. The van der Waals surface area contributed by atoms with Crippen molar-refractivity contribution >= 4 is 11.9 Å². The van der Waals surface area contributed by atoms with Crippen LogP contribution in [-0.4, -0.2) is 23.0 Å². The molecule has 0 bridgehead atoms. The van der Waals surface area contributed by atoms with Gasteiger partial charge in [-0.25, -0.2) is 0 Å². The summed E-state index contributed by atoms with van der Waals surface area (Å²) in [7, 11) is 0. The lowest BCUT2D eigenvalue weighted by molar-refractivity contribution is -0.141. The highest BCUT2D eigenvalue weighted by Crippen LogP contribution is 2.25. The zero-order valence-electron chi connectivity index (χ0n) is 9.32. The Bertz CT molecular complexity index is 252. The number of carboxylic acids is 1. The standard InChI is InChI=1S/C11H19NO3/c1-3-7(2)10(13)12-9-5-4-8(6-9)11(14)15/h7-9H,3-6H2,1-2H3,(H,12,13)(H,14,15)/t7?,8-,9+/m1/s1. The number of nitrogens with one attached hydrogen (secondary N) is 1. The molecule has 0 spiro atoms. The molecular formula is C11H19NO3. The van der Waals surface area contributed by atoms with Gasteiger partial charge in [-0.1, -0.05) is 13.8 Å². The highest BCUT2D eigenvalue weighted by Gasteiger charge is 2.30. The monoisotopic (exact) mass is 213 g/mol. The third-order valence-electron chi connectivity index (χ3n) is 3.19. The Hall–Kier alpha value is -1.06. The maximum atomic E-state index is 11.5. The molecular weight excluding hydrogens is 194 g/mol. The van der Waals surface area contributed by atoms with Gasteiger partial charge in [0, 0.05) is 12.0 Å². The van der Waals surface area contributed by atoms with Gasteiger partial charge in [0.25, 0.3) is 0 Å². The third kappa shape index (κ3) is 3.22. The van der Waals surface area contributed by atoms with Crippen molar-refractivity contribution in [3.63, 3.8) is 0 Å². The van der Waals surface area contributed by atoms with Gasteiger partial charge in [0.1, 0.15) is 0 Å². The van der Waals surface area contributed by atoms with E-state index >= 15 is 0 Å². The van der Waals surface area contributed by atoms with Crippen molar-refractivity contribution in [1.82, 2.24) is 5.32 Å². The lowest BCUT2D eigenvalue weighted by atomic mass is 10.1. The van der Waals surface area contributed by atoms with Gasteiger partial charge >= 0.3 is 5.97 Å². The van der Waals surface area contributed by atoms with E-state index in [1.807, 2.05) is 13.8 Å². The first-order valence-electron chi connectivity index (χ1n) is 5.57. The SMILES string of the molecule is CCC(C)C(=O)N[C@H]1CC[C@@H](C(=O)O)C1. The van der Waals surface area contributed by atoms with Crippen LogP contribution in [0.25, 0.3) is 0 Å². The smallest absolute Gasteiger partial charge is 0.306 e. The summed E-state index contributed by atoms with van der Waals surface area (Å²) >= 11 is 0. The molecule has 2 N–H and O–H groups in total. The van der Waals surface area contributed by atoms with Crippen LogP contribution in [0.3, 0.4) is 0 Å². The van der Waals surface area contributed by atoms with Gasteiger partial charge < -0.3 is 10.4 Å². The van der Waals surface area contributed by atoms with Crippen LogP contribution in [0.5, 0.6) is 0 Å². The average Bonchev–Trinajstić information content (AvgIpc) is 2.65. The summed E-state index contributed by atoms with van der Waals surface area (Å²) in [6.45, 7) is 3.86. The Morgan fingerprint density at radius 3 is 2.60 bits per heavy atom. The van der Waals surface area contributed by atoms with Gasteiger partial charge in [-0.3, -0.25) is 9.59 Å². The summed E-state index contributed by atoms with van der Waals surface area (Å²) in [5.41, 5.74) is 0. The number of amides is 1. The maximum absolute atomic E-state index is 11.5. The van der Waals surface area contributed by atoms with Crippen LogP contribution in [0.1, 0.15) is 39.5 Å². The minimum absolute atomic E-state index is 0.0221. The fourth-order valence-electron chi connectivity index (χ4n) is 1.87. The van der Waals surface area contributed by atoms with Crippen molar-refractivity contribution in [1.29, 1.82) is 0 Å². The summed E-state index contributed by atoms with van der Waals surface area (Å²) in [5.74, 6) is -0.940. The molecule has 0 aromatic heterocycles. The van der Waals surface area contributed by atoms with Gasteiger partial charge in [0.2, 0.25) is 5.91 Å². The van der Waals surface area contributed by atoms with E-state index in [1.54, 1.807) is 0 Å². The minimum Gasteiger partial charge on any atom is -0.481 e. The van der Waals surface area contributed by atoms with Crippen LogP contribution in [0.4, 0.5) is 0 Å². The van der Waals surface area contributed by atoms with E-state index in [9.17, 15) is 9.59 Å². The van der Waals surface area contributed by atoms with Crippen LogP contribution in [0.15, 0.2) is 0 Å². The molecule has 0 aromatic rings. The Morgan fingerprint density at radius 2 is 2.13 bits per heavy atom. The first-order valence-corrected chi connectivity index (χ1v) is 5.57. The van der Waals surface area contributed by atoms with E-state index in [4.69, 9.17) is 5.11 Å². The van der Waals surface area contributed by atoms with Crippen molar-refractivity contribution in [2.24, 2.45) is 11.8 Å². The predicted octanol–water partition coefficient (Wildman–Crippen LogP) is 1.40. The highest BCUT2D eigenvalue weighted by molar-refractivity contribution is 5.78. The Labute approximate surface area is 90.0 Å². The number of carbonyl (C=O) groups is 2. The van der Waals surface area contributed by atoms with Crippen LogP contribution in [0, 0.1) is 11.8 Å². The van der Waals surface area contributed by atoms with E-state index in [-0.39, 0.29) is 23.8 Å². The van der Waals surface area contributed by atoms with Gasteiger partial charge in [0.05, 0.1) is 5.92 Å². The van der Waals surface area contributed by atoms with E-state index in [2.05, 4.69) is 5.32 Å². The maximum Gasteiger partial charge on any atom is 0.306 e. The number of carboxylic acid groups (broad SMARTS) is 1. The quantitative estimate of drug-likeness (QED) is 0.741. The molecule has 1 aliphatic rings. The minimum atomic E-state index is -0.740. The number of rotatable bonds is 4. The van der Waals surface area contributed by atoms with Gasteiger partial charge in [-0.2, -0.15) is 0 Å². The highest BCUT2D eigenvalue weighted by atomic mass is 16.4. The molecule has 1 fully saturated rings. The second-order valence-corrected chi connectivity index (χ2v) is 4.36. The molecule has 0 aliphatic heterocycles. The molecule has 15 heavy (non-hydrogen) atoms. The predicted molar refractivity (Wildman–Crippen MR) is 56.4 cm³/mol. The van der Waals surface area contributed by atoms with Crippen LogP contribution in [-0.2, 0) is 9.59 Å². The molecule has 3 atom stereocenters. The second-order valence-electron chi connectivity index (χ2n) is 4.36. The molecule has 4 nitrogen and oxygen atoms in total. The molecule has 0 radical (unpaired) electrons. The van der Waals surface area contributed by atoms with Gasteiger partial charge in [0.15, 0.2) is 0 Å². The zero-order chi connectivity index (χ0) is 11.4. The summed E-state index contributed by atoms with van der Waals surface area (Å²) in [6.07, 6.45) is 2.87. The lowest BCUT2D eigenvalue weighted by Gasteiger charge is -2.15. The summed E-state index contributed by atoms with van der Waals surface area (Å²) < 4.78 is 0. The van der Waals surface area contributed by atoms with Crippen LogP contribution in [0.2, 0.25) is 0 Å². The van der Waals surface area contributed by atoms with Crippen molar-refractivity contribution in [2.45, 2.75) is 45.6 Å². The molecule has 0 heterocycles. The molecule has 1 rings (SSSR count). The normalized spacial score (nSPS) is 27.3. The van der Waals surface area contributed by atoms with Gasteiger partial charge in [-0.15, -0.1) is 0 Å². The van der Waals surface area contributed by atoms with Crippen molar-refractivity contribution in [3.8, 4) is 0 Å². The van der Waals surface area contributed by atoms with Crippen molar-refractivity contribution in [2.75, 3.05) is 0 Å². The topological polar surface area (TPSA) is 66.4 Å². The van der Waals surface area contributed by atoms with E-state index < -0.39 is 5.97 Å². The molecule has 0 saturated heterocycles. The third-order valence-corrected chi connectivity index (χ3v) is 3.19. The first kappa shape index (κ1) is 12.0. The average molecular weight is 213 g/mol. The van der Waals surface area contributed by atoms with Crippen molar-refractivity contribution in [3.05, 3.63) is 0 Å². The molecule has 1 unspecified atom stereocenters. The molecule has 86 valence electrons. The van der Waals surface area contributed by atoms with Crippen LogP contribution >= 0.6 is 0 Å². The second kappa shape index (κ2) is 5.14. The van der Waals surface area contributed by atoms with E-state index in [0.717, 1.165) is 12.8 Å². The molecule has 1 saturated carbocycles. The number of hydrogen-bond acceptors (Lipinski definition) is 2. The fraction of sp³-hybridized carbons (Fsp3) is 0.818. The molecule has 1 amide bonds. The number of carbonyl (C=O) groups excluding carboxylic acids is 1. The molecule has 4 heteroatoms.